The molecule has 1 aromatic rings. The third kappa shape index (κ3) is 5.19. The molecule has 118 valence electrons. The van der Waals surface area contributed by atoms with E-state index in [0.717, 1.165) is 23.5 Å². The zero-order valence-electron chi connectivity index (χ0n) is 13.8. The van der Waals surface area contributed by atoms with Gasteiger partial charge in [0.05, 0.1) is 0 Å². The molecule has 0 aliphatic rings. The van der Waals surface area contributed by atoms with Crippen molar-refractivity contribution >= 4 is 34.7 Å². The van der Waals surface area contributed by atoms with Crippen LogP contribution >= 0.6 is 24.0 Å². The fourth-order valence-corrected chi connectivity index (χ4v) is 3.81. The van der Waals surface area contributed by atoms with Crippen molar-refractivity contribution in [2.45, 2.75) is 39.5 Å². The minimum atomic E-state index is 0.472. The van der Waals surface area contributed by atoms with Crippen molar-refractivity contribution in [2.24, 2.45) is 23.5 Å². The zero-order valence-corrected chi connectivity index (χ0v) is 15.4. The van der Waals surface area contributed by atoms with Gasteiger partial charge in [0, 0.05) is 22.7 Å². The van der Waals surface area contributed by atoms with E-state index in [0.29, 0.717) is 22.7 Å². The molecule has 0 amide bonds. The fraction of sp³-hybridized carbons (Fsp3) is 0.588. The first-order valence-corrected chi connectivity index (χ1v) is 9.07. The number of benzene rings is 1. The standard InChI is InChI=1S/C17H28N2S2/c1-6-21-15-9-7-8-14(16(15)17(18)20)19-10-13(11(2)3)12(4)5/h7-9,11-13,19H,6,10H2,1-5H3,(H2,18,20). The van der Waals surface area contributed by atoms with Gasteiger partial charge in [0.1, 0.15) is 4.99 Å². The van der Waals surface area contributed by atoms with Gasteiger partial charge in [-0.05, 0) is 35.6 Å². The van der Waals surface area contributed by atoms with Gasteiger partial charge in [0.15, 0.2) is 0 Å². The van der Waals surface area contributed by atoms with E-state index in [2.05, 4.69) is 58.1 Å². The summed E-state index contributed by atoms with van der Waals surface area (Å²) in [6, 6.07) is 6.24. The molecule has 0 unspecified atom stereocenters. The highest BCUT2D eigenvalue weighted by molar-refractivity contribution is 7.99. The third-order valence-corrected chi connectivity index (χ3v) is 4.96. The summed E-state index contributed by atoms with van der Waals surface area (Å²) in [5, 5.41) is 3.58. The summed E-state index contributed by atoms with van der Waals surface area (Å²) < 4.78 is 0. The summed E-state index contributed by atoms with van der Waals surface area (Å²) >= 11 is 7.04. The molecule has 0 spiro atoms. The SMILES string of the molecule is CCSc1cccc(NCC(C(C)C)C(C)C)c1C(N)=S. The van der Waals surface area contributed by atoms with E-state index >= 15 is 0 Å². The van der Waals surface area contributed by atoms with E-state index < -0.39 is 0 Å². The van der Waals surface area contributed by atoms with Crippen LogP contribution in [0.15, 0.2) is 23.1 Å². The summed E-state index contributed by atoms with van der Waals surface area (Å²) in [7, 11) is 0. The number of nitrogens with one attached hydrogen (secondary N) is 1. The molecule has 0 aromatic heterocycles. The summed E-state index contributed by atoms with van der Waals surface area (Å²) in [4.78, 5) is 1.64. The van der Waals surface area contributed by atoms with Crippen LogP contribution in [0.2, 0.25) is 0 Å². The Hall–Kier alpha value is -0.740. The van der Waals surface area contributed by atoms with E-state index in [1.165, 1.54) is 4.90 Å². The van der Waals surface area contributed by atoms with Gasteiger partial charge < -0.3 is 11.1 Å². The molecule has 4 heteroatoms. The molecular formula is C17H28N2S2. The fourth-order valence-electron chi connectivity index (χ4n) is 2.68. The number of hydrogen-bond acceptors (Lipinski definition) is 3. The smallest absolute Gasteiger partial charge is 0.107 e. The lowest BCUT2D eigenvalue weighted by atomic mass is 9.85. The Balaban J connectivity index is 2.97. The van der Waals surface area contributed by atoms with Crippen molar-refractivity contribution < 1.29 is 0 Å². The molecule has 3 N–H and O–H groups in total. The Labute approximate surface area is 139 Å². The maximum Gasteiger partial charge on any atom is 0.107 e. The van der Waals surface area contributed by atoms with Crippen LogP contribution in [0, 0.1) is 17.8 Å². The summed E-state index contributed by atoms with van der Waals surface area (Å²) in [6.45, 7) is 12.2. The molecule has 0 saturated carbocycles. The summed E-state index contributed by atoms with van der Waals surface area (Å²) in [6.07, 6.45) is 0. The van der Waals surface area contributed by atoms with Crippen molar-refractivity contribution in [2.75, 3.05) is 17.6 Å². The van der Waals surface area contributed by atoms with Gasteiger partial charge in [-0.15, -0.1) is 11.8 Å². The van der Waals surface area contributed by atoms with Crippen molar-refractivity contribution in [1.82, 2.24) is 0 Å². The third-order valence-electron chi connectivity index (χ3n) is 3.81. The summed E-state index contributed by atoms with van der Waals surface area (Å²) in [5.74, 6) is 2.95. The van der Waals surface area contributed by atoms with Gasteiger partial charge >= 0.3 is 0 Å². The van der Waals surface area contributed by atoms with Gasteiger partial charge in [-0.2, -0.15) is 0 Å². The topological polar surface area (TPSA) is 38.0 Å². The molecule has 0 heterocycles. The Morgan fingerprint density at radius 1 is 1.24 bits per heavy atom. The zero-order chi connectivity index (χ0) is 16.0. The molecule has 0 saturated heterocycles. The molecule has 0 atom stereocenters. The second kappa shape index (κ2) is 8.64. The normalized spacial score (nSPS) is 11.4. The van der Waals surface area contributed by atoms with Crippen molar-refractivity contribution in [3.63, 3.8) is 0 Å². The van der Waals surface area contributed by atoms with Crippen LogP contribution < -0.4 is 11.1 Å². The number of nitrogens with two attached hydrogens (primary N) is 1. The Morgan fingerprint density at radius 2 is 1.86 bits per heavy atom. The molecule has 0 radical (unpaired) electrons. The van der Waals surface area contributed by atoms with E-state index in [9.17, 15) is 0 Å². The largest absolute Gasteiger partial charge is 0.389 e. The number of thioether (sulfide) groups is 1. The molecule has 1 aromatic carbocycles. The lowest BCUT2D eigenvalue weighted by molar-refractivity contribution is 0.304. The number of thiocarbonyl (C=S) groups is 1. The second-order valence-corrected chi connectivity index (χ2v) is 7.75. The highest BCUT2D eigenvalue weighted by atomic mass is 32.2. The van der Waals surface area contributed by atoms with Crippen LogP contribution in [0.4, 0.5) is 5.69 Å². The average molecular weight is 325 g/mol. The van der Waals surface area contributed by atoms with Crippen molar-refractivity contribution in [3.05, 3.63) is 23.8 Å². The molecular weight excluding hydrogens is 296 g/mol. The Bertz CT molecular complexity index is 462. The van der Waals surface area contributed by atoms with Crippen molar-refractivity contribution in [1.29, 1.82) is 0 Å². The first kappa shape index (κ1) is 18.3. The average Bonchev–Trinajstić information content (AvgIpc) is 2.38. The molecule has 0 aliphatic carbocycles. The number of hydrogen-bond donors (Lipinski definition) is 2. The maximum absolute atomic E-state index is 5.95. The maximum atomic E-state index is 5.95. The molecule has 0 bridgehead atoms. The minimum Gasteiger partial charge on any atom is -0.389 e. The van der Waals surface area contributed by atoms with Crippen LogP contribution in [0.3, 0.4) is 0 Å². The molecule has 0 fully saturated rings. The first-order chi connectivity index (χ1) is 9.88. The molecule has 2 nitrogen and oxygen atoms in total. The van der Waals surface area contributed by atoms with Crippen LogP contribution in [0.25, 0.3) is 0 Å². The minimum absolute atomic E-state index is 0.472. The van der Waals surface area contributed by atoms with E-state index in [1.54, 1.807) is 11.8 Å². The van der Waals surface area contributed by atoms with Crippen molar-refractivity contribution in [3.8, 4) is 0 Å². The first-order valence-electron chi connectivity index (χ1n) is 7.67. The van der Waals surface area contributed by atoms with E-state index in [-0.39, 0.29) is 0 Å². The second-order valence-electron chi connectivity index (χ2n) is 6.01. The molecule has 0 aliphatic heterocycles. The lowest BCUT2D eigenvalue weighted by Crippen LogP contribution is -2.25. The van der Waals surface area contributed by atoms with Crippen LogP contribution in [-0.2, 0) is 0 Å². The van der Waals surface area contributed by atoms with Gasteiger partial charge in [-0.3, -0.25) is 0 Å². The van der Waals surface area contributed by atoms with Gasteiger partial charge in [-0.25, -0.2) is 0 Å². The highest BCUT2D eigenvalue weighted by Crippen LogP contribution is 2.29. The van der Waals surface area contributed by atoms with E-state index in [1.807, 2.05) is 0 Å². The van der Waals surface area contributed by atoms with Crippen LogP contribution in [0.5, 0.6) is 0 Å². The highest BCUT2D eigenvalue weighted by Gasteiger charge is 2.18. The predicted molar refractivity (Wildman–Crippen MR) is 100 cm³/mol. The quantitative estimate of drug-likeness (QED) is 0.533. The number of anilines is 1. The number of rotatable bonds is 8. The summed E-state index contributed by atoms with van der Waals surface area (Å²) in [5.41, 5.74) is 8.00. The monoisotopic (exact) mass is 324 g/mol. The molecule has 21 heavy (non-hydrogen) atoms. The Morgan fingerprint density at radius 3 is 2.33 bits per heavy atom. The van der Waals surface area contributed by atoms with Gasteiger partial charge in [0.2, 0.25) is 0 Å². The lowest BCUT2D eigenvalue weighted by Gasteiger charge is -2.26. The molecule has 1 rings (SSSR count). The van der Waals surface area contributed by atoms with Gasteiger partial charge in [0.25, 0.3) is 0 Å². The predicted octanol–water partition coefficient (Wildman–Crippen LogP) is 4.77. The van der Waals surface area contributed by atoms with Gasteiger partial charge in [-0.1, -0.05) is 52.9 Å². The Kier molecular flexibility index (Phi) is 7.53. The van der Waals surface area contributed by atoms with Crippen LogP contribution in [0.1, 0.15) is 40.2 Å². The van der Waals surface area contributed by atoms with E-state index in [4.69, 9.17) is 18.0 Å². The van der Waals surface area contributed by atoms with Crippen LogP contribution in [-0.4, -0.2) is 17.3 Å².